The first-order valence-electron chi connectivity index (χ1n) is 14.0. The number of furan rings is 1. The molecule has 49 heavy (non-hydrogen) atoms. The highest BCUT2D eigenvalue weighted by atomic mass is 19.4. The van der Waals surface area contributed by atoms with Crippen molar-refractivity contribution in [3.8, 4) is 11.3 Å². The summed E-state index contributed by atoms with van der Waals surface area (Å²) >= 11 is 0. The number of alkyl halides is 9. The SMILES string of the molecule is CCN1CCn2c(-c3cnn(C)c3)cnc2C12CCN(Cc1ccoc1)CC2.O=C(O)C(F)(F)F.O=C(O)C(F)(F)F.O=C(O)C(F)(F)F. The molecular formula is C27H31F9N6O7. The van der Waals surface area contributed by atoms with Gasteiger partial charge in [-0.05, 0) is 25.5 Å². The van der Waals surface area contributed by atoms with Gasteiger partial charge in [0.25, 0.3) is 0 Å². The third kappa shape index (κ3) is 11.2. The molecule has 5 rings (SSSR count). The molecule has 3 aromatic heterocycles. The molecule has 0 unspecified atom stereocenters. The Kier molecular flexibility index (Phi) is 13.4. The van der Waals surface area contributed by atoms with Crippen molar-refractivity contribution in [1.82, 2.24) is 29.1 Å². The molecule has 3 aromatic rings. The van der Waals surface area contributed by atoms with Crippen LogP contribution in [0.1, 0.15) is 31.2 Å². The van der Waals surface area contributed by atoms with E-state index in [4.69, 9.17) is 39.1 Å². The molecule has 0 aromatic carbocycles. The van der Waals surface area contributed by atoms with Crippen molar-refractivity contribution in [1.29, 1.82) is 0 Å². The van der Waals surface area contributed by atoms with Gasteiger partial charge in [-0.2, -0.15) is 44.6 Å². The number of aryl methyl sites for hydroxylation is 1. The molecule has 0 amide bonds. The summed E-state index contributed by atoms with van der Waals surface area (Å²) in [6.07, 6.45) is -3.34. The van der Waals surface area contributed by atoms with Gasteiger partial charge >= 0.3 is 36.4 Å². The molecule has 0 bridgehead atoms. The largest absolute Gasteiger partial charge is 0.490 e. The van der Waals surface area contributed by atoms with Crippen LogP contribution >= 0.6 is 0 Å². The molecule has 1 spiro atoms. The number of rotatable bonds is 4. The minimum Gasteiger partial charge on any atom is -0.475 e. The van der Waals surface area contributed by atoms with E-state index in [1.54, 1.807) is 6.26 Å². The first-order valence-corrected chi connectivity index (χ1v) is 14.0. The number of nitrogens with zero attached hydrogens (tertiary/aromatic N) is 6. The number of carbonyl (C=O) groups is 3. The molecule has 5 heterocycles. The van der Waals surface area contributed by atoms with Crippen LogP contribution in [0.4, 0.5) is 39.5 Å². The fourth-order valence-electron chi connectivity index (χ4n) is 5.06. The Morgan fingerprint density at radius 3 is 1.76 bits per heavy atom. The van der Waals surface area contributed by atoms with Crippen molar-refractivity contribution < 1.29 is 73.6 Å². The Morgan fingerprint density at radius 2 is 1.37 bits per heavy atom. The number of imidazole rings is 1. The topological polar surface area (TPSA) is 167 Å². The van der Waals surface area contributed by atoms with Crippen molar-refractivity contribution in [2.24, 2.45) is 7.05 Å². The quantitative estimate of drug-likeness (QED) is 0.322. The van der Waals surface area contributed by atoms with Crippen molar-refractivity contribution in [3.63, 3.8) is 0 Å². The van der Waals surface area contributed by atoms with Gasteiger partial charge in [0.15, 0.2) is 0 Å². The molecule has 0 saturated carbocycles. The fourth-order valence-corrected chi connectivity index (χ4v) is 5.06. The smallest absolute Gasteiger partial charge is 0.475 e. The van der Waals surface area contributed by atoms with Gasteiger partial charge < -0.3 is 24.3 Å². The third-order valence-electron chi connectivity index (χ3n) is 7.25. The van der Waals surface area contributed by atoms with Crippen LogP contribution in [0.15, 0.2) is 41.6 Å². The van der Waals surface area contributed by atoms with E-state index >= 15 is 0 Å². The second-order valence-electron chi connectivity index (χ2n) is 10.4. The lowest BCUT2D eigenvalue weighted by atomic mass is 9.83. The van der Waals surface area contributed by atoms with E-state index in [-0.39, 0.29) is 5.54 Å². The second-order valence-corrected chi connectivity index (χ2v) is 10.4. The Balaban J connectivity index is 0.000000325. The number of aliphatic carboxylic acids is 3. The van der Waals surface area contributed by atoms with Crippen LogP contribution in [0, 0.1) is 0 Å². The standard InChI is InChI=1S/C21H28N6O.3C2HF3O2/c1-3-26-9-10-27-19(18-12-23-24(2)15-18)13-22-20(27)21(26)5-7-25(8-6-21)14-17-4-11-28-16-17;3*3-2(4,5)1(6)7/h4,11-13,15-16H,3,5-10,14H2,1-2H3;3*(H,6,7). The molecular weight excluding hydrogens is 691 g/mol. The maximum atomic E-state index is 10.6. The number of fused-ring (bicyclic) bond motifs is 2. The number of halogens is 9. The van der Waals surface area contributed by atoms with Gasteiger partial charge in [0, 0.05) is 57.1 Å². The van der Waals surface area contributed by atoms with Gasteiger partial charge in [-0.1, -0.05) is 6.92 Å². The number of carboxylic acid groups (broad SMARTS) is 3. The molecule has 22 heteroatoms. The van der Waals surface area contributed by atoms with E-state index in [0.717, 1.165) is 57.7 Å². The zero-order valence-electron chi connectivity index (χ0n) is 25.7. The number of carboxylic acids is 3. The zero-order chi connectivity index (χ0) is 37.4. The third-order valence-corrected chi connectivity index (χ3v) is 7.25. The second kappa shape index (κ2) is 16.2. The lowest BCUT2D eigenvalue weighted by Crippen LogP contribution is -2.57. The average molecular weight is 723 g/mol. The molecule has 274 valence electrons. The van der Waals surface area contributed by atoms with Gasteiger partial charge in [0.05, 0.1) is 36.2 Å². The van der Waals surface area contributed by atoms with Crippen molar-refractivity contribution in [2.45, 2.75) is 56.9 Å². The summed E-state index contributed by atoms with van der Waals surface area (Å²) in [6.45, 7) is 8.54. The summed E-state index contributed by atoms with van der Waals surface area (Å²) in [4.78, 5) is 36.8. The molecule has 1 saturated heterocycles. The van der Waals surface area contributed by atoms with E-state index in [9.17, 15) is 39.5 Å². The van der Waals surface area contributed by atoms with Gasteiger partial charge in [0.2, 0.25) is 0 Å². The average Bonchev–Trinajstić information content (AvgIpc) is 3.76. The first-order chi connectivity index (χ1) is 22.5. The van der Waals surface area contributed by atoms with Gasteiger partial charge in [-0.25, -0.2) is 19.4 Å². The monoisotopic (exact) mass is 722 g/mol. The summed E-state index contributed by atoms with van der Waals surface area (Å²) < 4.78 is 105. The van der Waals surface area contributed by atoms with Crippen LogP contribution in [0.25, 0.3) is 11.3 Å². The maximum absolute atomic E-state index is 10.6. The fraction of sp³-hybridized carbons (Fsp3) is 0.519. The number of hydrogen-bond acceptors (Lipinski definition) is 8. The summed E-state index contributed by atoms with van der Waals surface area (Å²) in [7, 11) is 1.97. The van der Waals surface area contributed by atoms with Crippen LogP contribution in [-0.2, 0) is 40.1 Å². The number of hydrogen-bond donors (Lipinski definition) is 3. The van der Waals surface area contributed by atoms with Crippen molar-refractivity contribution >= 4 is 17.9 Å². The molecule has 13 nitrogen and oxygen atoms in total. The van der Waals surface area contributed by atoms with Gasteiger partial charge in [-0.15, -0.1) is 0 Å². The van der Waals surface area contributed by atoms with Crippen LogP contribution in [0.5, 0.6) is 0 Å². The van der Waals surface area contributed by atoms with Crippen LogP contribution < -0.4 is 0 Å². The number of likely N-dealkylation sites (tertiary alicyclic amines) is 1. The maximum Gasteiger partial charge on any atom is 0.490 e. The van der Waals surface area contributed by atoms with Gasteiger partial charge in [0.1, 0.15) is 5.82 Å². The lowest BCUT2D eigenvalue weighted by Gasteiger charge is -2.50. The molecule has 2 aliphatic rings. The van der Waals surface area contributed by atoms with Crippen molar-refractivity contribution in [3.05, 3.63) is 48.6 Å². The number of piperidine rings is 1. The molecule has 0 radical (unpaired) electrons. The Hall–Kier alpha value is -4.60. The Labute approximate surface area is 271 Å². The Bertz CT molecular complexity index is 1470. The van der Waals surface area contributed by atoms with E-state index in [2.05, 4.69) is 38.7 Å². The summed E-state index contributed by atoms with van der Waals surface area (Å²) in [5.41, 5.74) is 3.64. The lowest BCUT2D eigenvalue weighted by molar-refractivity contribution is -0.193. The molecule has 0 atom stereocenters. The van der Waals surface area contributed by atoms with Crippen molar-refractivity contribution in [2.75, 3.05) is 26.2 Å². The zero-order valence-corrected chi connectivity index (χ0v) is 25.7. The van der Waals surface area contributed by atoms with E-state index in [1.165, 1.54) is 17.1 Å². The molecule has 0 aliphatic carbocycles. The highest BCUT2D eigenvalue weighted by Gasteiger charge is 2.46. The van der Waals surface area contributed by atoms with Crippen LogP contribution in [-0.4, -0.2) is 107 Å². The van der Waals surface area contributed by atoms with Crippen LogP contribution in [0.3, 0.4) is 0 Å². The first kappa shape index (κ1) is 40.6. The minimum absolute atomic E-state index is 0.0420. The highest BCUT2D eigenvalue weighted by Crippen LogP contribution is 2.42. The molecule has 1 fully saturated rings. The predicted molar refractivity (Wildman–Crippen MR) is 148 cm³/mol. The summed E-state index contributed by atoms with van der Waals surface area (Å²) in [5, 5.41) is 25.7. The minimum atomic E-state index is -5.08. The number of aromatic nitrogens is 4. The van der Waals surface area contributed by atoms with Gasteiger partial charge in [-0.3, -0.25) is 14.5 Å². The normalized spacial score (nSPS) is 16.2. The Morgan fingerprint density at radius 1 is 0.857 bits per heavy atom. The summed E-state index contributed by atoms with van der Waals surface area (Å²) in [6, 6.07) is 2.07. The summed E-state index contributed by atoms with van der Waals surface area (Å²) in [5.74, 6) is -7.03. The van der Waals surface area contributed by atoms with E-state index in [0.29, 0.717) is 0 Å². The van der Waals surface area contributed by atoms with Crippen LogP contribution in [0.2, 0.25) is 0 Å². The van der Waals surface area contributed by atoms with E-state index in [1.807, 2.05) is 30.4 Å². The highest BCUT2D eigenvalue weighted by molar-refractivity contribution is 5.73. The molecule has 3 N–H and O–H groups in total. The van der Waals surface area contributed by atoms with E-state index < -0.39 is 36.4 Å². The number of likely N-dealkylation sites (N-methyl/N-ethyl adjacent to an activating group) is 1. The molecule has 2 aliphatic heterocycles. The predicted octanol–water partition coefficient (Wildman–Crippen LogP) is 4.60.